The molecule has 38 heavy (non-hydrogen) atoms. The van der Waals surface area contributed by atoms with Gasteiger partial charge in [0.05, 0.1) is 20.0 Å². The molecule has 0 fully saturated rings. The summed E-state index contributed by atoms with van der Waals surface area (Å²) in [5.74, 6) is 2.10. The topological polar surface area (TPSA) is 139 Å². The molecule has 1 amide bonds. The average molecular weight is 538 g/mol. The minimum atomic E-state index is -0.481. The van der Waals surface area contributed by atoms with Crippen molar-refractivity contribution in [3.8, 4) is 17.2 Å². The van der Waals surface area contributed by atoms with E-state index in [-0.39, 0.29) is 24.0 Å². The number of hydrogen-bond donors (Lipinski definition) is 1. The van der Waals surface area contributed by atoms with Gasteiger partial charge in [-0.25, -0.2) is 9.55 Å². The van der Waals surface area contributed by atoms with Gasteiger partial charge in [-0.1, -0.05) is 36.0 Å². The summed E-state index contributed by atoms with van der Waals surface area (Å²) in [6, 6.07) is 15.1. The van der Waals surface area contributed by atoms with E-state index in [1.54, 1.807) is 25.7 Å². The molecule has 0 aliphatic heterocycles. The van der Waals surface area contributed by atoms with Crippen LogP contribution < -0.4 is 14.8 Å². The van der Waals surface area contributed by atoms with Gasteiger partial charge in [0, 0.05) is 19.2 Å². The van der Waals surface area contributed by atoms with Gasteiger partial charge in [0.1, 0.15) is 6.20 Å². The quantitative estimate of drug-likeness (QED) is 0.164. The highest BCUT2D eigenvalue weighted by Crippen LogP contribution is 2.28. The Morgan fingerprint density at radius 1 is 1.11 bits per heavy atom. The van der Waals surface area contributed by atoms with E-state index in [9.17, 15) is 14.9 Å². The molecule has 12 nitrogen and oxygen atoms in total. The first kappa shape index (κ1) is 26.7. The number of carbonyl (C=O) groups excluding carboxylic acids is 1. The van der Waals surface area contributed by atoms with E-state index >= 15 is 0 Å². The van der Waals surface area contributed by atoms with Crippen LogP contribution in [0.2, 0.25) is 0 Å². The van der Waals surface area contributed by atoms with Gasteiger partial charge in [0.2, 0.25) is 5.91 Å². The summed E-state index contributed by atoms with van der Waals surface area (Å²) in [6.45, 7) is 2.25. The van der Waals surface area contributed by atoms with Crippen molar-refractivity contribution in [3.05, 3.63) is 82.1 Å². The van der Waals surface area contributed by atoms with E-state index in [1.807, 2.05) is 48.5 Å². The smallest absolute Gasteiger partial charge is 0.343 e. The number of aryl methyl sites for hydroxylation is 1. The molecule has 0 saturated heterocycles. The molecule has 0 saturated carbocycles. The van der Waals surface area contributed by atoms with Crippen LogP contribution in [0.25, 0.3) is 5.69 Å². The van der Waals surface area contributed by atoms with Crippen molar-refractivity contribution in [3.63, 3.8) is 0 Å². The maximum Gasteiger partial charge on any atom is 0.343 e. The van der Waals surface area contributed by atoms with Crippen LogP contribution in [0.3, 0.4) is 0 Å². The Morgan fingerprint density at radius 2 is 1.87 bits per heavy atom. The second-order valence-corrected chi connectivity index (χ2v) is 9.10. The van der Waals surface area contributed by atoms with Gasteiger partial charge >= 0.3 is 5.82 Å². The summed E-state index contributed by atoms with van der Waals surface area (Å²) in [5.41, 5.74) is 1.79. The number of nitrogens with zero attached hydrogens (tertiary/aromatic N) is 6. The third-order valence-electron chi connectivity index (χ3n) is 5.75. The van der Waals surface area contributed by atoms with Crippen LogP contribution in [-0.2, 0) is 17.8 Å². The van der Waals surface area contributed by atoms with Gasteiger partial charge < -0.3 is 24.9 Å². The third-order valence-corrected chi connectivity index (χ3v) is 6.68. The minimum absolute atomic E-state index is 0.0993. The molecular weight excluding hydrogens is 510 g/mol. The van der Waals surface area contributed by atoms with Crippen molar-refractivity contribution in [2.75, 3.05) is 26.5 Å². The number of amides is 1. The highest BCUT2D eigenvalue weighted by molar-refractivity contribution is 7.99. The molecule has 13 heteroatoms. The van der Waals surface area contributed by atoms with Crippen LogP contribution in [0.4, 0.5) is 5.82 Å². The molecule has 4 rings (SSSR count). The van der Waals surface area contributed by atoms with E-state index in [0.29, 0.717) is 41.3 Å². The molecule has 0 radical (unpaired) electrons. The number of nitro groups is 1. The van der Waals surface area contributed by atoms with Crippen molar-refractivity contribution >= 4 is 23.5 Å². The summed E-state index contributed by atoms with van der Waals surface area (Å²) in [6.07, 6.45) is 1.85. The Balaban J connectivity index is 1.43. The lowest BCUT2D eigenvalue weighted by molar-refractivity contribution is -0.392. The van der Waals surface area contributed by atoms with Gasteiger partial charge in [0.15, 0.2) is 34.8 Å². The number of imidazole rings is 1. The first-order valence-corrected chi connectivity index (χ1v) is 12.7. The summed E-state index contributed by atoms with van der Waals surface area (Å²) >= 11 is 1.24. The molecule has 4 aromatic rings. The van der Waals surface area contributed by atoms with E-state index in [2.05, 4.69) is 20.5 Å². The lowest BCUT2D eigenvalue weighted by Crippen LogP contribution is -2.27. The number of methoxy groups -OCH3 is 2. The number of benzene rings is 2. The van der Waals surface area contributed by atoms with Crippen molar-refractivity contribution in [1.29, 1.82) is 0 Å². The molecule has 2 heterocycles. The highest BCUT2D eigenvalue weighted by Gasteiger charge is 2.23. The van der Waals surface area contributed by atoms with Gasteiger partial charge in [-0.15, -0.1) is 10.2 Å². The van der Waals surface area contributed by atoms with E-state index in [1.165, 1.54) is 22.5 Å². The van der Waals surface area contributed by atoms with Crippen molar-refractivity contribution in [2.24, 2.45) is 0 Å². The number of ether oxygens (including phenoxy) is 2. The van der Waals surface area contributed by atoms with Crippen LogP contribution in [0, 0.1) is 17.0 Å². The van der Waals surface area contributed by atoms with Gasteiger partial charge in [-0.3, -0.25) is 9.36 Å². The molecule has 198 valence electrons. The second kappa shape index (κ2) is 12.2. The van der Waals surface area contributed by atoms with E-state index < -0.39 is 4.92 Å². The molecule has 0 spiro atoms. The highest BCUT2D eigenvalue weighted by atomic mass is 32.2. The zero-order chi connectivity index (χ0) is 27.1. The van der Waals surface area contributed by atoms with Crippen molar-refractivity contribution in [2.45, 2.75) is 25.0 Å². The number of rotatable bonds is 12. The molecule has 0 unspecified atom stereocenters. The predicted octanol–water partition coefficient (Wildman–Crippen LogP) is 3.20. The van der Waals surface area contributed by atoms with Crippen molar-refractivity contribution < 1.29 is 19.2 Å². The summed E-state index contributed by atoms with van der Waals surface area (Å²) < 4.78 is 13.9. The first-order valence-electron chi connectivity index (χ1n) is 11.7. The standard InChI is InChI=1S/C25H27N7O5S/c1-17-27-14-24(32(34)35)30(17)15-22-28-29-25(31(22)19-7-5-4-6-8-19)38-16-23(33)26-12-11-18-9-10-20(36-2)21(13-18)37-3/h4-10,13-14H,11-12,15-16H2,1-3H3,(H,26,33). The Morgan fingerprint density at radius 3 is 2.58 bits per heavy atom. The molecule has 1 N–H and O–H groups in total. The largest absolute Gasteiger partial charge is 0.493 e. The Labute approximate surface area is 223 Å². The Bertz CT molecular complexity index is 1420. The molecule has 0 bridgehead atoms. The van der Waals surface area contributed by atoms with Crippen LogP contribution >= 0.6 is 11.8 Å². The Hall–Kier alpha value is -4.39. The molecule has 2 aromatic heterocycles. The lowest BCUT2D eigenvalue weighted by Gasteiger charge is -2.11. The molecule has 0 aliphatic carbocycles. The van der Waals surface area contributed by atoms with Crippen LogP contribution in [0.5, 0.6) is 11.5 Å². The third kappa shape index (κ3) is 6.11. The monoisotopic (exact) mass is 537 g/mol. The lowest BCUT2D eigenvalue weighted by atomic mass is 10.1. The van der Waals surface area contributed by atoms with E-state index in [4.69, 9.17) is 9.47 Å². The maximum absolute atomic E-state index is 12.6. The number of aromatic nitrogens is 5. The van der Waals surface area contributed by atoms with Crippen molar-refractivity contribution in [1.82, 2.24) is 29.6 Å². The SMILES string of the molecule is COc1ccc(CCNC(=O)CSc2nnc(Cn3c([N+](=O)[O-])cnc3C)n2-c2ccccc2)cc1OC. The van der Waals surface area contributed by atoms with Gasteiger partial charge in [-0.05, 0) is 41.2 Å². The number of nitrogens with one attached hydrogen (secondary N) is 1. The van der Waals surface area contributed by atoms with Gasteiger partial charge in [0.25, 0.3) is 0 Å². The Kier molecular flexibility index (Phi) is 8.58. The molecular formula is C25H27N7O5S. The van der Waals surface area contributed by atoms with E-state index in [0.717, 1.165) is 11.3 Å². The molecule has 2 aromatic carbocycles. The predicted molar refractivity (Wildman–Crippen MR) is 141 cm³/mol. The van der Waals surface area contributed by atoms with Crippen LogP contribution in [-0.4, -0.2) is 61.7 Å². The normalized spacial score (nSPS) is 10.8. The van der Waals surface area contributed by atoms with Crippen LogP contribution in [0.15, 0.2) is 59.9 Å². The summed E-state index contributed by atoms with van der Waals surface area (Å²) in [4.78, 5) is 27.6. The fraction of sp³-hybridized carbons (Fsp3) is 0.280. The molecule has 0 aliphatic rings. The zero-order valence-electron chi connectivity index (χ0n) is 21.2. The number of hydrogen-bond acceptors (Lipinski definition) is 9. The van der Waals surface area contributed by atoms with Gasteiger partial charge in [-0.2, -0.15) is 0 Å². The second-order valence-electron chi connectivity index (χ2n) is 8.15. The fourth-order valence-electron chi connectivity index (χ4n) is 3.83. The average Bonchev–Trinajstić information content (AvgIpc) is 3.51. The molecule has 0 atom stereocenters. The number of thioether (sulfide) groups is 1. The first-order chi connectivity index (χ1) is 18.4. The summed E-state index contributed by atoms with van der Waals surface area (Å²) in [5, 5.41) is 23.4. The fourth-order valence-corrected chi connectivity index (χ4v) is 4.64. The minimum Gasteiger partial charge on any atom is -0.493 e. The van der Waals surface area contributed by atoms with Crippen LogP contribution in [0.1, 0.15) is 17.2 Å². The zero-order valence-corrected chi connectivity index (χ0v) is 22.0. The maximum atomic E-state index is 12.6. The summed E-state index contributed by atoms with van der Waals surface area (Å²) in [7, 11) is 3.16. The number of para-hydroxylation sites is 1. The number of carbonyl (C=O) groups is 1.